The van der Waals surface area contributed by atoms with Gasteiger partial charge in [0.25, 0.3) is 0 Å². The van der Waals surface area contributed by atoms with Gasteiger partial charge in [-0.05, 0) is 31.6 Å². The quantitative estimate of drug-likeness (QED) is 0.694. The van der Waals surface area contributed by atoms with Gasteiger partial charge < -0.3 is 14.6 Å². The molecule has 3 aliphatic rings. The fourth-order valence-corrected chi connectivity index (χ4v) is 3.78. The molecule has 7 atom stereocenters. The molecule has 4 heteroatoms. The fraction of sp³-hybridized carbons (Fsp3) is 1.00. The van der Waals surface area contributed by atoms with Crippen LogP contribution in [0.5, 0.6) is 0 Å². The van der Waals surface area contributed by atoms with E-state index in [1.54, 1.807) is 0 Å². The lowest BCUT2D eigenvalue weighted by atomic mass is 9.86. The van der Waals surface area contributed by atoms with Crippen LogP contribution in [0.1, 0.15) is 19.8 Å². The van der Waals surface area contributed by atoms with Gasteiger partial charge in [-0.3, -0.25) is 0 Å². The summed E-state index contributed by atoms with van der Waals surface area (Å²) in [6.45, 7) is 2.70. The van der Waals surface area contributed by atoms with E-state index in [9.17, 15) is 5.11 Å². The minimum atomic E-state index is -0.362. The molecule has 2 aliphatic carbocycles. The second-order valence-corrected chi connectivity index (χ2v) is 5.65. The molecule has 0 unspecified atom stereocenters. The average Bonchev–Trinajstić information content (AvgIpc) is 2.85. The Labute approximate surface area is 94.7 Å². The number of hydrogen-bond donors (Lipinski definition) is 1. The van der Waals surface area contributed by atoms with Crippen LogP contribution in [0.4, 0.5) is 0 Å². The highest BCUT2D eigenvalue weighted by Crippen LogP contribution is 2.52. The number of hydrogen-bond acceptors (Lipinski definition) is 3. The van der Waals surface area contributed by atoms with Crippen molar-refractivity contribution < 1.29 is 14.6 Å². The summed E-state index contributed by atoms with van der Waals surface area (Å²) < 4.78 is 11.3. The molecule has 1 heterocycles. The lowest BCUT2D eigenvalue weighted by Gasteiger charge is -2.32. The van der Waals surface area contributed by atoms with Gasteiger partial charge in [-0.15, -0.1) is 11.6 Å². The van der Waals surface area contributed by atoms with Gasteiger partial charge in [0, 0.05) is 5.92 Å². The molecule has 0 spiro atoms. The van der Waals surface area contributed by atoms with Gasteiger partial charge in [0.1, 0.15) is 0 Å². The minimum absolute atomic E-state index is 0.0509. The van der Waals surface area contributed by atoms with Crippen molar-refractivity contribution in [2.24, 2.45) is 17.8 Å². The van der Waals surface area contributed by atoms with E-state index in [1.807, 2.05) is 6.92 Å². The van der Waals surface area contributed by atoms with Crippen LogP contribution in [-0.2, 0) is 9.47 Å². The number of aliphatic hydroxyl groups is 1. The molecule has 15 heavy (non-hydrogen) atoms. The first-order valence-corrected chi connectivity index (χ1v) is 6.19. The molecule has 3 nitrogen and oxygen atoms in total. The maximum absolute atomic E-state index is 9.94. The zero-order chi connectivity index (χ0) is 10.6. The van der Waals surface area contributed by atoms with E-state index in [4.69, 9.17) is 21.1 Å². The van der Waals surface area contributed by atoms with Crippen molar-refractivity contribution in [3.05, 3.63) is 0 Å². The summed E-state index contributed by atoms with van der Waals surface area (Å²) in [6, 6.07) is 0. The highest BCUT2D eigenvalue weighted by molar-refractivity contribution is 6.21. The van der Waals surface area contributed by atoms with Crippen LogP contribution in [0.15, 0.2) is 0 Å². The molecule has 0 amide bonds. The van der Waals surface area contributed by atoms with Crippen molar-refractivity contribution in [1.29, 1.82) is 0 Å². The van der Waals surface area contributed by atoms with E-state index < -0.39 is 0 Å². The molecule has 0 aromatic carbocycles. The Morgan fingerprint density at radius 3 is 2.53 bits per heavy atom. The SMILES string of the molecule is C[C@@H]1CO[C@H]([C@@H]2C[C@H]3C[C@H]2[C@@H](O)[C@@H]3Cl)O1. The first-order valence-electron chi connectivity index (χ1n) is 5.76. The Morgan fingerprint density at radius 1 is 1.27 bits per heavy atom. The van der Waals surface area contributed by atoms with E-state index in [2.05, 4.69) is 0 Å². The van der Waals surface area contributed by atoms with Gasteiger partial charge in [-0.25, -0.2) is 0 Å². The van der Waals surface area contributed by atoms with Crippen molar-refractivity contribution in [2.75, 3.05) is 6.61 Å². The van der Waals surface area contributed by atoms with Gasteiger partial charge in [-0.1, -0.05) is 0 Å². The Kier molecular flexibility index (Phi) is 2.47. The van der Waals surface area contributed by atoms with Crippen molar-refractivity contribution in [1.82, 2.24) is 0 Å². The third-order valence-corrected chi connectivity index (χ3v) is 4.74. The topological polar surface area (TPSA) is 38.7 Å². The van der Waals surface area contributed by atoms with Crippen LogP contribution in [0.3, 0.4) is 0 Å². The van der Waals surface area contributed by atoms with Crippen molar-refractivity contribution in [3.8, 4) is 0 Å². The maximum Gasteiger partial charge on any atom is 0.161 e. The highest BCUT2D eigenvalue weighted by Gasteiger charge is 2.55. The van der Waals surface area contributed by atoms with Gasteiger partial charge in [0.05, 0.1) is 24.2 Å². The van der Waals surface area contributed by atoms with Gasteiger partial charge >= 0.3 is 0 Å². The number of rotatable bonds is 1. The molecule has 0 aromatic heterocycles. The smallest absolute Gasteiger partial charge is 0.161 e. The predicted octanol–water partition coefficient (Wildman–Crippen LogP) is 1.37. The first-order chi connectivity index (χ1) is 7.16. The largest absolute Gasteiger partial charge is 0.391 e. The van der Waals surface area contributed by atoms with Crippen LogP contribution in [0, 0.1) is 17.8 Å². The lowest BCUT2D eigenvalue weighted by molar-refractivity contribution is -0.120. The Morgan fingerprint density at radius 2 is 2.00 bits per heavy atom. The highest BCUT2D eigenvalue weighted by atomic mass is 35.5. The summed E-state index contributed by atoms with van der Waals surface area (Å²) in [5.41, 5.74) is 0. The molecule has 86 valence electrons. The van der Waals surface area contributed by atoms with Crippen LogP contribution < -0.4 is 0 Å². The summed E-state index contributed by atoms with van der Waals surface area (Å²) in [7, 11) is 0. The summed E-state index contributed by atoms with van der Waals surface area (Å²) in [4.78, 5) is 0. The monoisotopic (exact) mass is 232 g/mol. The minimum Gasteiger partial charge on any atom is -0.391 e. The van der Waals surface area contributed by atoms with Gasteiger partial charge in [-0.2, -0.15) is 0 Å². The third kappa shape index (κ3) is 1.52. The van der Waals surface area contributed by atoms with Crippen LogP contribution in [0.25, 0.3) is 0 Å². The molecule has 2 saturated carbocycles. The fourth-order valence-electron chi connectivity index (χ4n) is 3.39. The molecular formula is C11H17ClO3. The second-order valence-electron chi connectivity index (χ2n) is 5.14. The number of aliphatic hydroxyl groups excluding tert-OH is 1. The van der Waals surface area contributed by atoms with E-state index in [0.29, 0.717) is 18.4 Å². The number of halogens is 1. The zero-order valence-corrected chi connectivity index (χ0v) is 9.56. The lowest BCUT2D eigenvalue weighted by Crippen LogP contribution is -2.39. The summed E-state index contributed by atoms with van der Waals surface area (Å²) in [6.07, 6.45) is 1.82. The molecule has 1 aliphatic heterocycles. The van der Waals surface area contributed by atoms with Crippen LogP contribution in [-0.4, -0.2) is 35.6 Å². The Bertz CT molecular complexity index is 258. The molecule has 3 fully saturated rings. The van der Waals surface area contributed by atoms with E-state index >= 15 is 0 Å². The molecule has 1 saturated heterocycles. The summed E-state index contributed by atoms with van der Waals surface area (Å²) >= 11 is 6.13. The Balaban J connectivity index is 1.70. The van der Waals surface area contributed by atoms with E-state index in [0.717, 1.165) is 12.8 Å². The Hall–Kier alpha value is 0.170. The average molecular weight is 233 g/mol. The molecule has 1 N–H and O–H groups in total. The molecular weight excluding hydrogens is 216 g/mol. The van der Waals surface area contributed by atoms with Crippen molar-refractivity contribution in [2.45, 2.75) is 43.6 Å². The van der Waals surface area contributed by atoms with E-state index in [1.165, 1.54) is 0 Å². The zero-order valence-electron chi connectivity index (χ0n) is 8.80. The number of ether oxygens (including phenoxy) is 2. The normalized spacial score (nSPS) is 59.0. The molecule has 3 rings (SSSR count). The maximum atomic E-state index is 9.94. The first kappa shape index (κ1) is 10.3. The van der Waals surface area contributed by atoms with Crippen molar-refractivity contribution in [3.63, 3.8) is 0 Å². The van der Waals surface area contributed by atoms with Crippen LogP contribution >= 0.6 is 11.6 Å². The third-order valence-electron chi connectivity index (χ3n) is 4.13. The number of alkyl halides is 1. The summed E-state index contributed by atoms with van der Waals surface area (Å²) in [5.74, 6) is 1.09. The molecule has 0 aromatic rings. The molecule has 0 radical (unpaired) electrons. The van der Waals surface area contributed by atoms with Crippen molar-refractivity contribution >= 4 is 11.6 Å². The van der Waals surface area contributed by atoms with E-state index in [-0.39, 0.29) is 29.8 Å². The summed E-state index contributed by atoms with van der Waals surface area (Å²) in [5, 5.41) is 9.89. The van der Waals surface area contributed by atoms with Gasteiger partial charge in [0.15, 0.2) is 6.29 Å². The standard InChI is InChI=1S/C11H17ClO3/c1-5-4-14-11(15-5)8-3-6-2-7(8)10(13)9(6)12/h5-11,13H,2-4H2,1H3/t5-,6-,7-,8-,9-,10-,11+/m1/s1. The van der Waals surface area contributed by atoms with Crippen LogP contribution in [0.2, 0.25) is 0 Å². The molecule has 2 bridgehead atoms. The number of fused-ring (bicyclic) bond motifs is 2. The van der Waals surface area contributed by atoms with Gasteiger partial charge in [0.2, 0.25) is 0 Å². The predicted molar refractivity (Wildman–Crippen MR) is 55.6 cm³/mol. The second kappa shape index (κ2) is 3.59.